The number of nitrogens with one attached hydrogen (secondary N) is 1. The van der Waals surface area contributed by atoms with Crippen LogP contribution in [0.25, 0.3) is 5.69 Å². The van der Waals surface area contributed by atoms with Gasteiger partial charge in [-0.25, -0.2) is 9.48 Å². The summed E-state index contributed by atoms with van der Waals surface area (Å²) >= 11 is 0. The van der Waals surface area contributed by atoms with Crippen LogP contribution in [0.5, 0.6) is 0 Å². The van der Waals surface area contributed by atoms with E-state index in [1.807, 2.05) is 19.1 Å². The van der Waals surface area contributed by atoms with Crippen molar-refractivity contribution in [2.24, 2.45) is 0 Å². The fourth-order valence-corrected chi connectivity index (χ4v) is 1.60. The molecule has 0 saturated heterocycles. The lowest BCUT2D eigenvalue weighted by Gasteiger charge is -2.02. The van der Waals surface area contributed by atoms with Crippen LogP contribution in [0.15, 0.2) is 35.3 Å². The second kappa shape index (κ2) is 4.29. The summed E-state index contributed by atoms with van der Waals surface area (Å²) in [6, 6.07) is 7.37. The van der Waals surface area contributed by atoms with E-state index in [1.54, 1.807) is 12.1 Å². The smallest absolute Gasteiger partial charge is 0.342 e. The number of hydrogen-bond acceptors (Lipinski definition) is 2. The van der Waals surface area contributed by atoms with Crippen LogP contribution in [0.1, 0.15) is 22.8 Å². The van der Waals surface area contributed by atoms with Crippen molar-refractivity contribution in [1.29, 1.82) is 0 Å². The van der Waals surface area contributed by atoms with Gasteiger partial charge >= 0.3 is 5.97 Å². The summed E-state index contributed by atoms with van der Waals surface area (Å²) in [4.78, 5) is 22.4. The summed E-state index contributed by atoms with van der Waals surface area (Å²) in [6.07, 6.45) is 2.11. The molecule has 5 nitrogen and oxygen atoms in total. The van der Waals surface area contributed by atoms with Crippen LogP contribution in [-0.2, 0) is 6.42 Å². The van der Waals surface area contributed by atoms with Crippen molar-refractivity contribution in [1.82, 2.24) is 9.78 Å². The Morgan fingerprint density at radius 3 is 2.47 bits per heavy atom. The Kier molecular flexibility index (Phi) is 2.82. The van der Waals surface area contributed by atoms with Crippen LogP contribution in [0.2, 0.25) is 0 Å². The lowest BCUT2D eigenvalue weighted by atomic mass is 10.1. The molecule has 0 spiro atoms. The average molecular weight is 232 g/mol. The Balaban J connectivity index is 2.46. The zero-order valence-corrected chi connectivity index (χ0v) is 9.30. The molecular formula is C12H12N2O3. The van der Waals surface area contributed by atoms with Crippen molar-refractivity contribution >= 4 is 5.97 Å². The number of aromatic carboxylic acids is 1. The Morgan fingerprint density at radius 2 is 2.00 bits per heavy atom. The lowest BCUT2D eigenvalue weighted by molar-refractivity contribution is 0.0695. The summed E-state index contributed by atoms with van der Waals surface area (Å²) in [5, 5.41) is 11.4. The average Bonchev–Trinajstić information content (AvgIpc) is 2.71. The van der Waals surface area contributed by atoms with Gasteiger partial charge in [-0.05, 0) is 24.1 Å². The van der Waals surface area contributed by atoms with Gasteiger partial charge in [0.25, 0.3) is 5.56 Å². The van der Waals surface area contributed by atoms with Crippen LogP contribution in [0.4, 0.5) is 0 Å². The standard InChI is InChI=1S/C12H12N2O3/c1-2-8-3-5-9(6-4-8)14-11(15)10(7-13-14)12(16)17/h3-7,13H,2H2,1H3,(H,16,17). The van der Waals surface area contributed by atoms with Crippen molar-refractivity contribution in [2.75, 3.05) is 0 Å². The van der Waals surface area contributed by atoms with Crippen molar-refractivity contribution < 1.29 is 9.90 Å². The number of aromatic amines is 1. The van der Waals surface area contributed by atoms with E-state index in [0.717, 1.165) is 12.0 Å². The third-order valence-corrected chi connectivity index (χ3v) is 2.60. The van der Waals surface area contributed by atoms with Gasteiger partial charge in [-0.15, -0.1) is 0 Å². The molecule has 88 valence electrons. The van der Waals surface area contributed by atoms with Gasteiger partial charge in [0.15, 0.2) is 0 Å². The first kappa shape index (κ1) is 11.2. The molecule has 0 amide bonds. The highest BCUT2D eigenvalue weighted by Gasteiger charge is 2.13. The number of rotatable bonds is 3. The minimum atomic E-state index is -1.23. The first-order valence-electron chi connectivity index (χ1n) is 5.26. The molecule has 2 rings (SSSR count). The topological polar surface area (TPSA) is 75.1 Å². The number of benzene rings is 1. The Morgan fingerprint density at radius 1 is 1.35 bits per heavy atom. The van der Waals surface area contributed by atoms with Crippen LogP contribution in [0.3, 0.4) is 0 Å². The van der Waals surface area contributed by atoms with E-state index in [0.29, 0.717) is 5.69 Å². The molecular weight excluding hydrogens is 220 g/mol. The first-order chi connectivity index (χ1) is 8.13. The van der Waals surface area contributed by atoms with E-state index in [-0.39, 0.29) is 5.56 Å². The lowest BCUT2D eigenvalue weighted by Crippen LogP contribution is -2.19. The van der Waals surface area contributed by atoms with Crippen molar-refractivity contribution in [3.05, 3.63) is 51.9 Å². The maximum Gasteiger partial charge on any atom is 0.342 e. The largest absolute Gasteiger partial charge is 0.477 e. The molecule has 0 radical (unpaired) electrons. The number of carboxylic acid groups (broad SMARTS) is 1. The van der Waals surface area contributed by atoms with E-state index in [4.69, 9.17) is 5.11 Å². The highest BCUT2D eigenvalue weighted by Crippen LogP contribution is 2.07. The number of carboxylic acids is 1. The quantitative estimate of drug-likeness (QED) is 0.840. The highest BCUT2D eigenvalue weighted by atomic mass is 16.4. The fourth-order valence-electron chi connectivity index (χ4n) is 1.60. The molecule has 1 aromatic heterocycles. The number of nitrogens with zero attached hydrogens (tertiary/aromatic N) is 1. The van der Waals surface area contributed by atoms with Crippen molar-refractivity contribution in [2.45, 2.75) is 13.3 Å². The maximum atomic E-state index is 11.7. The van der Waals surface area contributed by atoms with Gasteiger partial charge in [0.05, 0.1) is 5.69 Å². The molecule has 0 bridgehead atoms. The highest BCUT2D eigenvalue weighted by molar-refractivity contribution is 5.86. The number of H-pyrrole nitrogens is 1. The molecule has 0 aliphatic carbocycles. The summed E-state index contributed by atoms with van der Waals surface area (Å²) < 4.78 is 1.21. The molecule has 0 atom stereocenters. The maximum absolute atomic E-state index is 11.7. The predicted octanol–water partition coefficient (Wildman–Crippen LogP) is 1.43. The molecule has 0 saturated carbocycles. The third kappa shape index (κ3) is 1.99. The van der Waals surface area contributed by atoms with Gasteiger partial charge in [0.1, 0.15) is 5.56 Å². The SMILES string of the molecule is CCc1ccc(-n2[nH]cc(C(=O)O)c2=O)cc1. The minimum absolute atomic E-state index is 0.260. The minimum Gasteiger partial charge on any atom is -0.477 e. The van der Waals surface area contributed by atoms with Gasteiger partial charge in [-0.2, -0.15) is 0 Å². The molecule has 0 aliphatic heterocycles. The fraction of sp³-hybridized carbons (Fsp3) is 0.167. The molecule has 0 fully saturated rings. The predicted molar refractivity (Wildman–Crippen MR) is 62.7 cm³/mol. The van der Waals surface area contributed by atoms with Gasteiger partial charge in [-0.1, -0.05) is 19.1 Å². The van der Waals surface area contributed by atoms with Crippen LogP contribution in [-0.4, -0.2) is 20.9 Å². The van der Waals surface area contributed by atoms with E-state index < -0.39 is 11.5 Å². The summed E-state index contributed by atoms with van der Waals surface area (Å²) in [5.74, 6) is -1.23. The summed E-state index contributed by atoms with van der Waals surface area (Å²) in [7, 11) is 0. The molecule has 2 N–H and O–H groups in total. The van der Waals surface area contributed by atoms with Crippen LogP contribution >= 0.6 is 0 Å². The zero-order chi connectivity index (χ0) is 12.4. The van der Waals surface area contributed by atoms with Gasteiger partial charge < -0.3 is 5.11 Å². The summed E-state index contributed by atoms with van der Waals surface area (Å²) in [5.41, 5.74) is 0.970. The molecule has 17 heavy (non-hydrogen) atoms. The van der Waals surface area contributed by atoms with E-state index in [1.165, 1.54) is 10.9 Å². The van der Waals surface area contributed by atoms with Gasteiger partial charge in [0.2, 0.25) is 0 Å². The van der Waals surface area contributed by atoms with Crippen molar-refractivity contribution in [3.63, 3.8) is 0 Å². The Bertz CT molecular complexity index is 593. The molecule has 1 aromatic carbocycles. The number of aromatic nitrogens is 2. The normalized spacial score (nSPS) is 10.4. The number of carbonyl (C=O) groups is 1. The first-order valence-corrected chi connectivity index (χ1v) is 5.26. The van der Waals surface area contributed by atoms with Crippen LogP contribution in [0, 0.1) is 0 Å². The molecule has 1 heterocycles. The second-order valence-corrected chi connectivity index (χ2v) is 3.65. The third-order valence-electron chi connectivity index (χ3n) is 2.60. The van der Waals surface area contributed by atoms with Gasteiger partial charge in [0, 0.05) is 6.20 Å². The zero-order valence-electron chi connectivity index (χ0n) is 9.30. The van der Waals surface area contributed by atoms with Crippen molar-refractivity contribution in [3.8, 4) is 5.69 Å². The Labute approximate surface area is 97.3 Å². The molecule has 0 aliphatic rings. The Hall–Kier alpha value is -2.30. The van der Waals surface area contributed by atoms with Gasteiger partial charge in [-0.3, -0.25) is 9.89 Å². The van der Waals surface area contributed by atoms with Crippen LogP contribution < -0.4 is 5.56 Å². The molecule has 0 unspecified atom stereocenters. The second-order valence-electron chi connectivity index (χ2n) is 3.65. The van der Waals surface area contributed by atoms with E-state index >= 15 is 0 Å². The number of aryl methyl sites for hydroxylation is 1. The summed E-state index contributed by atoms with van der Waals surface area (Å²) in [6.45, 7) is 2.04. The van der Waals surface area contributed by atoms with E-state index in [9.17, 15) is 9.59 Å². The molecule has 2 aromatic rings. The van der Waals surface area contributed by atoms with E-state index in [2.05, 4.69) is 5.10 Å². The molecule has 5 heteroatoms. The number of hydrogen-bond donors (Lipinski definition) is 2. The monoisotopic (exact) mass is 232 g/mol.